The number of rotatable bonds is 35. The first-order chi connectivity index (χ1) is 24.5. The molecule has 1 amide bonds. The Balaban J connectivity index is 4.59. The molecular formula is C44H77NO5. The predicted octanol–water partition coefficient (Wildman–Crippen LogP) is 11.3. The van der Waals surface area contributed by atoms with E-state index in [0.29, 0.717) is 19.3 Å². The molecule has 0 rings (SSSR count). The van der Waals surface area contributed by atoms with Crippen molar-refractivity contribution in [1.82, 2.24) is 5.32 Å². The van der Waals surface area contributed by atoms with Gasteiger partial charge in [-0.3, -0.25) is 9.59 Å². The number of esters is 1. The second kappa shape index (κ2) is 37.8. The van der Waals surface area contributed by atoms with Gasteiger partial charge in [-0.05, 0) is 44.9 Å². The minimum Gasteiger partial charge on any atom is -0.462 e. The second-order valence-corrected chi connectivity index (χ2v) is 13.8. The summed E-state index contributed by atoms with van der Waals surface area (Å²) in [5.74, 6) is -0.535. The molecule has 0 aliphatic rings. The summed E-state index contributed by atoms with van der Waals surface area (Å²) in [6.07, 6.45) is 44.3. The molecule has 6 nitrogen and oxygen atoms in total. The zero-order valence-corrected chi connectivity index (χ0v) is 32.5. The zero-order chi connectivity index (χ0) is 36.8. The topological polar surface area (TPSA) is 95.9 Å². The number of nitrogens with one attached hydrogen (secondary N) is 1. The van der Waals surface area contributed by atoms with Gasteiger partial charge in [0.25, 0.3) is 0 Å². The van der Waals surface area contributed by atoms with Gasteiger partial charge in [-0.25, -0.2) is 0 Å². The lowest BCUT2D eigenvalue weighted by Gasteiger charge is -2.24. The van der Waals surface area contributed by atoms with Crippen molar-refractivity contribution >= 4 is 11.9 Å². The van der Waals surface area contributed by atoms with Gasteiger partial charge in [0.05, 0.1) is 25.2 Å². The molecular weight excluding hydrogens is 622 g/mol. The Labute approximate surface area is 308 Å². The van der Waals surface area contributed by atoms with Crippen LogP contribution in [0, 0.1) is 0 Å². The number of amides is 1. The molecule has 50 heavy (non-hydrogen) atoms. The van der Waals surface area contributed by atoms with Crippen molar-refractivity contribution in [3.8, 4) is 0 Å². The molecule has 0 radical (unpaired) electrons. The van der Waals surface area contributed by atoms with Gasteiger partial charge in [-0.2, -0.15) is 0 Å². The van der Waals surface area contributed by atoms with Gasteiger partial charge < -0.3 is 20.3 Å². The number of carbonyl (C=O) groups excluding carboxylic acids is 2. The van der Waals surface area contributed by atoms with Crippen LogP contribution in [-0.4, -0.2) is 46.9 Å². The van der Waals surface area contributed by atoms with Crippen LogP contribution in [0.5, 0.6) is 0 Å². The summed E-state index contributed by atoms with van der Waals surface area (Å²) in [6.45, 7) is 6.24. The van der Waals surface area contributed by atoms with Crippen molar-refractivity contribution in [2.45, 2.75) is 200 Å². The maximum atomic E-state index is 13.0. The van der Waals surface area contributed by atoms with Gasteiger partial charge in [-0.1, -0.05) is 184 Å². The largest absolute Gasteiger partial charge is 0.462 e. The third-order valence-electron chi connectivity index (χ3n) is 8.99. The maximum Gasteiger partial charge on any atom is 0.306 e. The SMILES string of the molecule is CC/C=C/C=C/C=C\C=C/C=C/CCCCCC(=O)OC(CCCCCCCCC)CC(=O)NC(CO)C(O)CCCCCCCCCCC. The molecule has 0 aliphatic heterocycles. The van der Waals surface area contributed by atoms with E-state index >= 15 is 0 Å². The number of aliphatic hydroxyl groups excluding tert-OH is 2. The van der Waals surface area contributed by atoms with Gasteiger partial charge in [0.1, 0.15) is 6.10 Å². The van der Waals surface area contributed by atoms with Crippen molar-refractivity contribution in [2.24, 2.45) is 0 Å². The Hall–Kier alpha value is -2.44. The lowest BCUT2D eigenvalue weighted by Crippen LogP contribution is -2.46. The molecule has 3 atom stereocenters. The van der Waals surface area contributed by atoms with Crippen LogP contribution in [0.3, 0.4) is 0 Å². The molecule has 0 heterocycles. The summed E-state index contributed by atoms with van der Waals surface area (Å²) in [4.78, 5) is 25.8. The summed E-state index contributed by atoms with van der Waals surface area (Å²) in [5.41, 5.74) is 0. The van der Waals surface area contributed by atoms with E-state index in [9.17, 15) is 19.8 Å². The van der Waals surface area contributed by atoms with Gasteiger partial charge >= 0.3 is 5.97 Å². The van der Waals surface area contributed by atoms with Crippen LogP contribution in [-0.2, 0) is 14.3 Å². The fraction of sp³-hybridized carbons (Fsp3) is 0.727. The molecule has 3 N–H and O–H groups in total. The lowest BCUT2D eigenvalue weighted by molar-refractivity contribution is -0.151. The quantitative estimate of drug-likeness (QED) is 0.0348. The van der Waals surface area contributed by atoms with E-state index in [2.05, 4.69) is 44.3 Å². The summed E-state index contributed by atoms with van der Waals surface area (Å²) in [5, 5.41) is 23.4. The molecule has 0 aromatic carbocycles. The molecule has 0 fully saturated rings. The Morgan fingerprint density at radius 3 is 1.62 bits per heavy atom. The summed E-state index contributed by atoms with van der Waals surface area (Å²) in [7, 11) is 0. The first kappa shape index (κ1) is 47.6. The second-order valence-electron chi connectivity index (χ2n) is 13.8. The average Bonchev–Trinajstić information content (AvgIpc) is 3.10. The van der Waals surface area contributed by atoms with Crippen LogP contribution in [0.2, 0.25) is 0 Å². The van der Waals surface area contributed by atoms with Crippen LogP contribution in [0.15, 0.2) is 60.8 Å². The van der Waals surface area contributed by atoms with Crippen molar-refractivity contribution in [2.75, 3.05) is 6.61 Å². The van der Waals surface area contributed by atoms with Crippen molar-refractivity contribution in [3.05, 3.63) is 60.8 Å². The third kappa shape index (κ3) is 32.7. The van der Waals surface area contributed by atoms with Crippen LogP contribution >= 0.6 is 0 Å². The highest BCUT2D eigenvalue weighted by Gasteiger charge is 2.24. The van der Waals surface area contributed by atoms with E-state index in [1.54, 1.807) is 0 Å². The fourth-order valence-corrected chi connectivity index (χ4v) is 5.86. The normalized spacial score (nSPS) is 14.1. The molecule has 0 bridgehead atoms. The number of unbranched alkanes of at least 4 members (excludes halogenated alkanes) is 17. The molecule has 0 saturated heterocycles. The number of carbonyl (C=O) groups is 2. The minimum atomic E-state index is -0.791. The molecule has 0 spiro atoms. The van der Waals surface area contributed by atoms with Gasteiger partial charge in [0.15, 0.2) is 0 Å². The first-order valence-electron chi connectivity index (χ1n) is 20.6. The van der Waals surface area contributed by atoms with Crippen molar-refractivity contribution in [3.63, 3.8) is 0 Å². The Kier molecular flexibility index (Phi) is 36.0. The number of aliphatic hydroxyl groups is 2. The van der Waals surface area contributed by atoms with Crippen LogP contribution < -0.4 is 5.32 Å². The molecule has 3 unspecified atom stereocenters. The highest BCUT2D eigenvalue weighted by molar-refractivity contribution is 5.77. The lowest BCUT2D eigenvalue weighted by atomic mass is 10.0. The Morgan fingerprint density at radius 1 is 0.600 bits per heavy atom. The van der Waals surface area contributed by atoms with Crippen molar-refractivity contribution in [1.29, 1.82) is 0 Å². The Morgan fingerprint density at radius 2 is 1.08 bits per heavy atom. The third-order valence-corrected chi connectivity index (χ3v) is 8.99. The summed E-state index contributed by atoms with van der Waals surface area (Å²) in [6, 6.07) is -0.706. The molecule has 0 aromatic rings. The molecule has 0 saturated carbocycles. The predicted molar refractivity (Wildman–Crippen MR) is 213 cm³/mol. The maximum absolute atomic E-state index is 13.0. The number of hydrogen-bond acceptors (Lipinski definition) is 5. The Bertz CT molecular complexity index is 921. The van der Waals surface area contributed by atoms with E-state index in [1.807, 2.05) is 42.5 Å². The molecule has 0 aromatic heterocycles. The van der Waals surface area contributed by atoms with E-state index in [-0.39, 0.29) is 24.9 Å². The van der Waals surface area contributed by atoms with Crippen LogP contribution in [0.25, 0.3) is 0 Å². The minimum absolute atomic E-state index is 0.0581. The smallest absolute Gasteiger partial charge is 0.306 e. The molecule has 0 aliphatic carbocycles. The standard InChI is InChI=1S/C44H77NO5/c1-4-7-10-13-16-18-19-20-21-22-23-25-28-31-34-37-44(49)50-40(35-32-29-26-15-12-9-6-3)38-43(48)45-41(39-46)42(47)36-33-30-27-24-17-14-11-8-5-2/h7,10,13,16,18-23,40-42,46-47H,4-6,8-9,11-12,14-15,17,24-39H2,1-3H3,(H,45,48)/b10-7+,16-13+,19-18-,21-20-,23-22+. The monoisotopic (exact) mass is 700 g/mol. The highest BCUT2D eigenvalue weighted by atomic mass is 16.5. The first-order valence-corrected chi connectivity index (χ1v) is 20.6. The van der Waals surface area contributed by atoms with E-state index in [0.717, 1.165) is 70.6 Å². The van der Waals surface area contributed by atoms with E-state index < -0.39 is 18.2 Å². The summed E-state index contributed by atoms with van der Waals surface area (Å²) >= 11 is 0. The van der Waals surface area contributed by atoms with Gasteiger partial charge in [0, 0.05) is 6.42 Å². The van der Waals surface area contributed by atoms with Gasteiger partial charge in [0.2, 0.25) is 5.91 Å². The fourth-order valence-electron chi connectivity index (χ4n) is 5.86. The van der Waals surface area contributed by atoms with E-state index in [4.69, 9.17) is 4.74 Å². The average molecular weight is 700 g/mol. The van der Waals surface area contributed by atoms with Crippen molar-refractivity contribution < 1.29 is 24.5 Å². The number of allylic oxidation sites excluding steroid dienone is 10. The summed E-state index contributed by atoms with van der Waals surface area (Å²) < 4.78 is 5.83. The number of hydrogen-bond donors (Lipinski definition) is 3. The van der Waals surface area contributed by atoms with Crippen LogP contribution in [0.4, 0.5) is 0 Å². The molecule has 6 heteroatoms. The zero-order valence-electron chi connectivity index (χ0n) is 32.5. The highest BCUT2D eigenvalue weighted by Crippen LogP contribution is 2.17. The van der Waals surface area contributed by atoms with Crippen LogP contribution in [0.1, 0.15) is 181 Å². The van der Waals surface area contributed by atoms with Gasteiger partial charge in [-0.15, -0.1) is 0 Å². The van der Waals surface area contributed by atoms with E-state index in [1.165, 1.54) is 64.2 Å². The number of ether oxygens (including phenoxy) is 1. The molecule has 288 valence electrons.